The number of nitrogens with one attached hydrogen (secondary N) is 2. The van der Waals surface area contributed by atoms with Gasteiger partial charge in [0.1, 0.15) is 0 Å². The van der Waals surface area contributed by atoms with Gasteiger partial charge in [-0.2, -0.15) is 5.10 Å². The summed E-state index contributed by atoms with van der Waals surface area (Å²) in [6.45, 7) is 3.92. The maximum atomic E-state index is 11.7. The molecule has 0 aliphatic rings. The number of carbonyl (C=O) groups is 3. The molecule has 0 bridgehead atoms. The first-order valence-corrected chi connectivity index (χ1v) is 7.56. The van der Waals surface area contributed by atoms with Crippen molar-refractivity contribution in [1.29, 1.82) is 0 Å². The molecule has 0 aromatic carbocycles. The van der Waals surface area contributed by atoms with E-state index >= 15 is 0 Å². The molecular weight excluding hydrogens is 316 g/mol. The van der Waals surface area contributed by atoms with Gasteiger partial charge in [-0.1, -0.05) is 0 Å². The van der Waals surface area contributed by atoms with E-state index in [1.54, 1.807) is 4.68 Å². The molecule has 0 radical (unpaired) electrons. The van der Waals surface area contributed by atoms with Gasteiger partial charge in [-0.05, 0) is 25.8 Å². The zero-order valence-electron chi connectivity index (χ0n) is 14.5. The van der Waals surface area contributed by atoms with Crippen LogP contribution in [0.15, 0.2) is 0 Å². The summed E-state index contributed by atoms with van der Waals surface area (Å²) in [5.74, 6) is -1.19. The van der Waals surface area contributed by atoms with Crippen LogP contribution in [-0.2, 0) is 32.5 Å². The second kappa shape index (κ2) is 9.66. The molecule has 24 heavy (non-hydrogen) atoms. The fraction of sp³-hybridized carbons (Fsp3) is 0.600. The zero-order valence-corrected chi connectivity index (χ0v) is 14.5. The fourth-order valence-electron chi connectivity index (χ4n) is 2.10. The van der Waals surface area contributed by atoms with Crippen LogP contribution in [0.1, 0.15) is 23.4 Å². The van der Waals surface area contributed by atoms with Crippen LogP contribution in [-0.4, -0.2) is 54.6 Å². The lowest BCUT2D eigenvalue weighted by Crippen LogP contribution is -2.42. The van der Waals surface area contributed by atoms with Gasteiger partial charge in [0.15, 0.2) is 6.61 Å². The van der Waals surface area contributed by atoms with Crippen molar-refractivity contribution in [1.82, 2.24) is 20.4 Å². The number of methoxy groups -OCH3 is 1. The van der Waals surface area contributed by atoms with Gasteiger partial charge in [-0.15, -0.1) is 0 Å². The van der Waals surface area contributed by atoms with E-state index in [1.165, 1.54) is 7.11 Å². The molecular formula is C15H24N4O5. The molecule has 1 rings (SSSR count). The van der Waals surface area contributed by atoms with E-state index < -0.39 is 24.5 Å². The molecule has 0 fully saturated rings. The molecule has 0 unspecified atom stereocenters. The van der Waals surface area contributed by atoms with Crippen LogP contribution >= 0.6 is 0 Å². The van der Waals surface area contributed by atoms with Gasteiger partial charge >= 0.3 is 12.0 Å². The minimum absolute atomic E-state index is 0.140. The summed E-state index contributed by atoms with van der Waals surface area (Å²) in [5, 5.41) is 8.75. The molecule has 1 heterocycles. The smallest absolute Gasteiger partial charge is 0.321 e. The first kappa shape index (κ1) is 19.6. The molecule has 0 aliphatic carbocycles. The molecule has 9 heteroatoms. The number of amides is 3. The maximum Gasteiger partial charge on any atom is 0.321 e. The number of aryl methyl sites for hydroxylation is 2. The summed E-state index contributed by atoms with van der Waals surface area (Å²) >= 11 is 0. The van der Waals surface area contributed by atoms with Crippen LogP contribution in [0.2, 0.25) is 0 Å². The second-order valence-corrected chi connectivity index (χ2v) is 5.23. The van der Waals surface area contributed by atoms with Gasteiger partial charge in [0, 0.05) is 32.8 Å². The number of hydrogen-bond acceptors (Lipinski definition) is 6. The van der Waals surface area contributed by atoms with Crippen molar-refractivity contribution in [2.24, 2.45) is 7.05 Å². The van der Waals surface area contributed by atoms with Gasteiger partial charge < -0.3 is 14.8 Å². The predicted molar refractivity (Wildman–Crippen MR) is 85.4 cm³/mol. The summed E-state index contributed by atoms with van der Waals surface area (Å²) in [5.41, 5.74) is 2.86. The highest BCUT2D eigenvalue weighted by molar-refractivity contribution is 5.95. The Labute approximate surface area is 140 Å². The topological polar surface area (TPSA) is 112 Å². The van der Waals surface area contributed by atoms with Crippen LogP contribution in [0.4, 0.5) is 4.79 Å². The zero-order chi connectivity index (χ0) is 18.1. The Balaban J connectivity index is 2.28. The van der Waals surface area contributed by atoms with E-state index in [1.807, 2.05) is 20.9 Å². The van der Waals surface area contributed by atoms with E-state index in [4.69, 9.17) is 9.47 Å². The average Bonchev–Trinajstić information content (AvgIpc) is 2.76. The summed E-state index contributed by atoms with van der Waals surface area (Å²) < 4.78 is 11.4. The van der Waals surface area contributed by atoms with Crippen molar-refractivity contribution in [3.8, 4) is 0 Å². The number of hydrogen-bond donors (Lipinski definition) is 2. The molecule has 0 saturated carbocycles. The Kier molecular flexibility index (Phi) is 7.90. The number of urea groups is 1. The maximum absolute atomic E-state index is 11.7. The molecule has 134 valence electrons. The molecule has 1 aromatic heterocycles. The number of imide groups is 1. The van der Waals surface area contributed by atoms with Gasteiger partial charge in [0.2, 0.25) is 0 Å². The number of ether oxygens (including phenoxy) is 2. The van der Waals surface area contributed by atoms with Crippen LogP contribution < -0.4 is 10.6 Å². The van der Waals surface area contributed by atoms with E-state index in [9.17, 15) is 14.4 Å². The summed E-state index contributed by atoms with van der Waals surface area (Å²) in [6.07, 6.45) is 0.629. The van der Waals surface area contributed by atoms with Gasteiger partial charge in [-0.25, -0.2) is 4.79 Å². The first-order valence-electron chi connectivity index (χ1n) is 7.56. The van der Waals surface area contributed by atoms with Crippen LogP contribution in [0, 0.1) is 13.8 Å². The van der Waals surface area contributed by atoms with E-state index in [2.05, 4.69) is 15.7 Å². The van der Waals surface area contributed by atoms with Gasteiger partial charge in [0.25, 0.3) is 5.91 Å². The van der Waals surface area contributed by atoms with Crippen molar-refractivity contribution in [3.63, 3.8) is 0 Å². The van der Waals surface area contributed by atoms with Gasteiger partial charge in [-0.3, -0.25) is 19.6 Å². The quantitative estimate of drug-likeness (QED) is 0.508. The number of esters is 1. The van der Waals surface area contributed by atoms with E-state index in [0.717, 1.165) is 17.0 Å². The molecule has 1 aromatic rings. The Morgan fingerprint density at radius 3 is 2.54 bits per heavy atom. The lowest BCUT2D eigenvalue weighted by Gasteiger charge is -2.07. The summed E-state index contributed by atoms with van der Waals surface area (Å²) in [4.78, 5) is 34.5. The Bertz CT molecular complexity index is 597. The highest BCUT2D eigenvalue weighted by atomic mass is 16.5. The van der Waals surface area contributed by atoms with Crippen molar-refractivity contribution >= 4 is 17.9 Å². The third-order valence-corrected chi connectivity index (χ3v) is 3.45. The largest absolute Gasteiger partial charge is 0.456 e. The minimum atomic E-state index is -0.688. The summed E-state index contributed by atoms with van der Waals surface area (Å²) in [6, 6.07) is -0.658. The lowest BCUT2D eigenvalue weighted by atomic mass is 10.1. The third kappa shape index (κ3) is 6.37. The SMILES string of the molecule is COCCNC(=O)NC(=O)COC(=O)CCc1c(C)nn(C)c1C. The molecule has 0 atom stereocenters. The molecule has 3 amide bonds. The Morgan fingerprint density at radius 1 is 1.25 bits per heavy atom. The standard InChI is InChI=1S/C15H24N4O5/c1-10-12(11(2)19(3)18-10)5-6-14(21)24-9-13(20)17-15(22)16-7-8-23-4/h5-9H2,1-4H3,(H2,16,17,20,22). The number of nitrogens with zero attached hydrogens (tertiary/aromatic N) is 2. The summed E-state index contributed by atoms with van der Waals surface area (Å²) in [7, 11) is 3.34. The van der Waals surface area contributed by atoms with Crippen LogP contribution in [0.25, 0.3) is 0 Å². The second-order valence-electron chi connectivity index (χ2n) is 5.23. The Hall–Kier alpha value is -2.42. The highest BCUT2D eigenvalue weighted by Gasteiger charge is 2.14. The van der Waals surface area contributed by atoms with Crippen molar-refractivity contribution in [2.75, 3.05) is 26.9 Å². The molecule has 0 saturated heterocycles. The predicted octanol–water partition coefficient (Wildman–Crippen LogP) is -0.0151. The van der Waals surface area contributed by atoms with Crippen molar-refractivity contribution < 1.29 is 23.9 Å². The highest BCUT2D eigenvalue weighted by Crippen LogP contribution is 2.14. The van der Waals surface area contributed by atoms with Crippen molar-refractivity contribution in [2.45, 2.75) is 26.7 Å². The monoisotopic (exact) mass is 340 g/mol. The first-order chi connectivity index (χ1) is 11.3. The minimum Gasteiger partial charge on any atom is -0.456 e. The van der Waals surface area contributed by atoms with Gasteiger partial charge in [0.05, 0.1) is 12.3 Å². The van der Waals surface area contributed by atoms with Crippen LogP contribution in [0.5, 0.6) is 0 Å². The average molecular weight is 340 g/mol. The normalized spacial score (nSPS) is 10.3. The van der Waals surface area contributed by atoms with E-state index in [0.29, 0.717) is 13.0 Å². The Morgan fingerprint density at radius 2 is 1.96 bits per heavy atom. The molecule has 2 N–H and O–H groups in total. The van der Waals surface area contributed by atoms with Crippen LogP contribution in [0.3, 0.4) is 0 Å². The third-order valence-electron chi connectivity index (χ3n) is 3.45. The van der Waals surface area contributed by atoms with Crippen molar-refractivity contribution in [3.05, 3.63) is 17.0 Å². The molecule has 0 aliphatic heterocycles. The van der Waals surface area contributed by atoms with E-state index in [-0.39, 0.29) is 13.0 Å². The fourth-order valence-corrected chi connectivity index (χ4v) is 2.10. The number of rotatable bonds is 8. The number of carbonyl (C=O) groups excluding carboxylic acids is 3. The number of aromatic nitrogens is 2. The molecule has 0 spiro atoms. The lowest BCUT2D eigenvalue weighted by molar-refractivity contribution is -0.148. The molecule has 9 nitrogen and oxygen atoms in total.